The molecule has 2 N–H and O–H groups in total. The highest BCUT2D eigenvalue weighted by molar-refractivity contribution is 7.47. The molecule has 0 rings (SSSR count). The Balaban J connectivity index is 4.77. The number of phosphoric acid groups is 1. The topological polar surface area (TPSA) is 155 Å². The predicted molar refractivity (Wildman–Crippen MR) is 307 cm³/mol. The Morgan fingerprint density at radius 1 is 0.392 bits per heavy atom. The second-order valence-electron chi connectivity index (χ2n) is 19.4. The van der Waals surface area contributed by atoms with Crippen LogP contribution < -0.4 is 0 Å². The molecule has 74 heavy (non-hydrogen) atoms. The van der Waals surface area contributed by atoms with Crippen LogP contribution in [0.4, 0.5) is 0 Å². The number of carbonyl (C=O) groups is 3. The Labute approximate surface area is 451 Å². The second kappa shape index (κ2) is 55.9. The lowest BCUT2D eigenvalue weighted by Gasteiger charge is -2.21. The lowest BCUT2D eigenvalue weighted by molar-refractivity contribution is -0.161. The summed E-state index contributed by atoms with van der Waals surface area (Å²) in [7, 11) is -4.76. The van der Waals surface area contributed by atoms with Crippen molar-refractivity contribution in [1.29, 1.82) is 0 Å². The van der Waals surface area contributed by atoms with Crippen molar-refractivity contribution in [3.63, 3.8) is 0 Å². The van der Waals surface area contributed by atoms with Crippen LogP contribution in [0.15, 0.2) is 85.1 Å². The van der Waals surface area contributed by atoms with E-state index in [-0.39, 0.29) is 25.9 Å². The lowest BCUT2D eigenvalue weighted by Crippen LogP contribution is -2.30. The fourth-order valence-corrected chi connectivity index (χ4v) is 8.68. The predicted octanol–water partition coefficient (Wildman–Crippen LogP) is 17.5. The first-order chi connectivity index (χ1) is 36.2. The van der Waals surface area contributed by atoms with Crippen LogP contribution in [0.2, 0.25) is 0 Å². The van der Waals surface area contributed by atoms with Gasteiger partial charge in [0, 0.05) is 19.3 Å². The summed E-state index contributed by atoms with van der Waals surface area (Å²) in [5.41, 5.74) is 0. The minimum atomic E-state index is -4.76. The van der Waals surface area contributed by atoms with Crippen molar-refractivity contribution in [1.82, 2.24) is 0 Å². The van der Waals surface area contributed by atoms with E-state index in [0.717, 1.165) is 135 Å². The Morgan fingerprint density at radius 3 is 1.08 bits per heavy atom. The van der Waals surface area contributed by atoms with Gasteiger partial charge in [-0.05, 0) is 89.9 Å². The quantitative estimate of drug-likeness (QED) is 0.0197. The average molecular weight is 1060 g/mol. The molecule has 0 heterocycles. The van der Waals surface area contributed by atoms with Crippen molar-refractivity contribution < 1.29 is 52.2 Å². The summed E-state index contributed by atoms with van der Waals surface area (Å²) in [6, 6.07) is 0. The van der Waals surface area contributed by atoms with E-state index in [1.807, 2.05) is 0 Å². The molecule has 0 spiro atoms. The van der Waals surface area contributed by atoms with E-state index >= 15 is 0 Å². The summed E-state index contributed by atoms with van der Waals surface area (Å²) in [6.07, 6.45) is 63.9. The summed E-state index contributed by atoms with van der Waals surface area (Å²) in [5, 5.41) is 9.81. The zero-order valence-electron chi connectivity index (χ0n) is 47.0. The van der Waals surface area contributed by atoms with Crippen LogP contribution in [0.1, 0.15) is 252 Å². The first-order valence-electron chi connectivity index (χ1n) is 29.5. The fraction of sp³-hybridized carbons (Fsp3) is 0.726. The van der Waals surface area contributed by atoms with Crippen molar-refractivity contribution in [3.8, 4) is 0 Å². The zero-order valence-corrected chi connectivity index (χ0v) is 47.9. The molecular formula is C62H107O11P. The monoisotopic (exact) mass is 1060 g/mol. The molecule has 0 amide bonds. The van der Waals surface area contributed by atoms with Gasteiger partial charge in [-0.25, -0.2) is 4.57 Å². The molecule has 0 aliphatic rings. The van der Waals surface area contributed by atoms with Gasteiger partial charge in [-0.15, -0.1) is 0 Å². The van der Waals surface area contributed by atoms with Gasteiger partial charge in [-0.2, -0.15) is 0 Å². The molecule has 426 valence electrons. The Bertz CT molecular complexity index is 1560. The van der Waals surface area contributed by atoms with E-state index in [0.29, 0.717) is 19.3 Å². The Morgan fingerprint density at radius 2 is 0.703 bits per heavy atom. The van der Waals surface area contributed by atoms with Crippen LogP contribution >= 0.6 is 7.82 Å². The molecule has 11 nitrogen and oxygen atoms in total. The molecule has 0 radical (unpaired) electrons. The van der Waals surface area contributed by atoms with Gasteiger partial charge < -0.3 is 24.2 Å². The molecule has 0 aliphatic carbocycles. The molecule has 0 bridgehead atoms. The molecule has 0 saturated heterocycles. The number of aliphatic hydroxyl groups excluding tert-OH is 1. The minimum absolute atomic E-state index is 0.145. The number of aliphatic hydroxyl groups is 1. The molecule has 0 saturated carbocycles. The number of rotatable bonds is 54. The number of unbranched alkanes of at least 4 members (excludes halogenated alkanes) is 23. The van der Waals surface area contributed by atoms with Crippen molar-refractivity contribution in [2.24, 2.45) is 0 Å². The van der Waals surface area contributed by atoms with E-state index in [1.165, 1.54) is 57.8 Å². The largest absolute Gasteiger partial charge is 0.472 e. The standard InChI is InChI=1S/C62H107O11P/c1-4-7-10-13-16-19-22-25-27-28-29-30-32-35-38-41-44-47-50-53-62(66)73-59(55-69-60(64)51-48-45-42-39-36-34-31-26-23-20-17-14-11-8-5-2)57-71-74(67,68)70-56-58(54-63)72-61(65)52-49-46-43-40-37-33-24-21-18-15-12-9-6-3/h7-8,10-11,16-17,19-20,25-27,29-31,58-59,63H,4-6,9,12-15,18,21-24,28,32-57H2,1-3H3,(H,67,68)/b10-7-,11-8-,19-16-,20-17-,27-25-,30-29-,31-26-. The van der Waals surface area contributed by atoms with Gasteiger partial charge in [0.2, 0.25) is 0 Å². The third-order valence-electron chi connectivity index (χ3n) is 12.3. The van der Waals surface area contributed by atoms with Crippen molar-refractivity contribution in [2.75, 3.05) is 26.4 Å². The summed E-state index contributed by atoms with van der Waals surface area (Å²) in [4.78, 5) is 48.6. The van der Waals surface area contributed by atoms with Gasteiger partial charge in [-0.1, -0.05) is 228 Å². The van der Waals surface area contributed by atoms with Gasteiger partial charge in [0.1, 0.15) is 12.7 Å². The maximum atomic E-state index is 12.9. The molecule has 0 aliphatic heterocycles. The summed E-state index contributed by atoms with van der Waals surface area (Å²) in [6.45, 7) is 4.40. The van der Waals surface area contributed by atoms with Crippen LogP contribution in [0.3, 0.4) is 0 Å². The maximum absolute atomic E-state index is 12.9. The highest BCUT2D eigenvalue weighted by Gasteiger charge is 2.28. The third-order valence-corrected chi connectivity index (χ3v) is 13.3. The first-order valence-corrected chi connectivity index (χ1v) is 31.0. The minimum Gasteiger partial charge on any atom is -0.462 e. The normalized spacial score (nSPS) is 14.0. The van der Waals surface area contributed by atoms with Gasteiger partial charge in [-0.3, -0.25) is 23.4 Å². The number of esters is 3. The van der Waals surface area contributed by atoms with Crippen LogP contribution in [0.5, 0.6) is 0 Å². The van der Waals surface area contributed by atoms with Crippen LogP contribution in [0.25, 0.3) is 0 Å². The highest BCUT2D eigenvalue weighted by atomic mass is 31.2. The molecule has 3 unspecified atom stereocenters. The van der Waals surface area contributed by atoms with Crippen LogP contribution in [-0.4, -0.2) is 66.5 Å². The van der Waals surface area contributed by atoms with Crippen molar-refractivity contribution in [2.45, 2.75) is 264 Å². The fourth-order valence-electron chi connectivity index (χ4n) is 7.89. The van der Waals surface area contributed by atoms with Gasteiger partial charge in [0.15, 0.2) is 6.10 Å². The Hall–Kier alpha value is -3.34. The number of hydrogen-bond acceptors (Lipinski definition) is 10. The summed E-state index contributed by atoms with van der Waals surface area (Å²) < 4.78 is 39.5. The van der Waals surface area contributed by atoms with Gasteiger partial charge in [0.25, 0.3) is 0 Å². The van der Waals surface area contributed by atoms with E-state index < -0.39 is 57.8 Å². The van der Waals surface area contributed by atoms with Crippen molar-refractivity contribution in [3.05, 3.63) is 85.1 Å². The third kappa shape index (κ3) is 53.5. The summed E-state index contributed by atoms with van der Waals surface area (Å²) in [5.74, 6) is -1.50. The van der Waals surface area contributed by atoms with Gasteiger partial charge in [0.05, 0.1) is 19.8 Å². The molecule has 0 aromatic carbocycles. The smallest absolute Gasteiger partial charge is 0.462 e. The molecule has 0 aromatic heterocycles. The number of phosphoric ester groups is 1. The molecule has 0 aromatic rings. The molecule has 0 fully saturated rings. The number of carbonyl (C=O) groups excluding carboxylic acids is 3. The van der Waals surface area contributed by atoms with Crippen LogP contribution in [0, 0.1) is 0 Å². The number of ether oxygens (including phenoxy) is 3. The average Bonchev–Trinajstić information content (AvgIpc) is 3.39. The molecule has 12 heteroatoms. The second-order valence-corrected chi connectivity index (χ2v) is 20.9. The highest BCUT2D eigenvalue weighted by Crippen LogP contribution is 2.43. The number of hydrogen-bond donors (Lipinski definition) is 2. The Kier molecular flexibility index (Phi) is 53.4. The first kappa shape index (κ1) is 70.7. The number of allylic oxidation sites excluding steroid dienone is 14. The molecular weight excluding hydrogens is 952 g/mol. The maximum Gasteiger partial charge on any atom is 0.472 e. The summed E-state index contributed by atoms with van der Waals surface area (Å²) >= 11 is 0. The van der Waals surface area contributed by atoms with E-state index in [1.54, 1.807) is 0 Å². The van der Waals surface area contributed by atoms with E-state index in [4.69, 9.17) is 23.3 Å². The van der Waals surface area contributed by atoms with Crippen molar-refractivity contribution >= 4 is 25.7 Å². The SMILES string of the molecule is CC/C=C\C/C=C\C/C=C\C/C=C\CCCCCCCCC(=O)OC(COC(=O)CCCCCCC/C=C\C/C=C\C/C=C\CC)COP(=O)(O)OCC(CO)OC(=O)CCCCCCCCCCCCCCC. The van der Waals surface area contributed by atoms with Gasteiger partial charge >= 0.3 is 25.7 Å². The zero-order chi connectivity index (χ0) is 54.1. The molecule has 3 atom stereocenters. The van der Waals surface area contributed by atoms with Crippen LogP contribution in [-0.2, 0) is 42.2 Å². The van der Waals surface area contributed by atoms with E-state index in [9.17, 15) is 28.9 Å². The van der Waals surface area contributed by atoms with E-state index in [2.05, 4.69) is 106 Å². The lowest BCUT2D eigenvalue weighted by atomic mass is 10.0.